The predicted molar refractivity (Wildman–Crippen MR) is 107 cm³/mol. The van der Waals surface area contributed by atoms with Gasteiger partial charge in [-0.3, -0.25) is 9.69 Å². The number of carbonyl (C=O) groups is 1. The highest BCUT2D eigenvalue weighted by Crippen LogP contribution is 2.19. The topological polar surface area (TPSA) is 32.3 Å². The molecule has 2 aromatic carbocycles. The van der Waals surface area contributed by atoms with Crippen LogP contribution >= 0.6 is 11.6 Å². The van der Waals surface area contributed by atoms with Crippen molar-refractivity contribution in [3.63, 3.8) is 0 Å². The number of rotatable bonds is 7. The number of carbonyl (C=O) groups excluding carboxylic acids is 1. The van der Waals surface area contributed by atoms with Crippen molar-refractivity contribution in [2.75, 3.05) is 19.6 Å². The zero-order chi connectivity index (χ0) is 18.2. The number of amides is 1. The van der Waals surface area contributed by atoms with E-state index in [1.54, 1.807) is 0 Å². The van der Waals surface area contributed by atoms with Crippen molar-refractivity contribution in [1.82, 2.24) is 10.2 Å². The average molecular weight is 371 g/mol. The molecule has 0 spiro atoms. The van der Waals surface area contributed by atoms with E-state index in [2.05, 4.69) is 34.5 Å². The first-order valence-electron chi connectivity index (χ1n) is 9.50. The Bertz CT molecular complexity index is 696. The molecule has 0 saturated carbocycles. The number of halogens is 1. The standard InChI is InChI=1S/C22H27ClN2O/c23-21-11-5-4-9-19(21)10-6-14-24-22(26)20-12-15-25(16-13-20)17-18-7-2-1-3-8-18/h1-5,7-9,11,20H,6,10,12-17H2,(H,24,26). The molecule has 0 aliphatic carbocycles. The Labute approximate surface area is 161 Å². The minimum absolute atomic E-state index is 0.155. The average Bonchev–Trinajstić information content (AvgIpc) is 2.68. The van der Waals surface area contributed by atoms with Gasteiger partial charge in [-0.1, -0.05) is 60.1 Å². The quantitative estimate of drug-likeness (QED) is 0.737. The lowest BCUT2D eigenvalue weighted by Crippen LogP contribution is -2.40. The monoisotopic (exact) mass is 370 g/mol. The molecule has 1 heterocycles. The molecule has 1 N–H and O–H groups in total. The molecule has 1 aliphatic heterocycles. The first-order valence-corrected chi connectivity index (χ1v) is 9.87. The molecule has 1 amide bonds. The number of likely N-dealkylation sites (tertiary alicyclic amines) is 1. The van der Waals surface area contributed by atoms with Crippen LogP contribution in [0.4, 0.5) is 0 Å². The van der Waals surface area contributed by atoms with Gasteiger partial charge in [0.15, 0.2) is 0 Å². The number of nitrogens with one attached hydrogen (secondary N) is 1. The van der Waals surface area contributed by atoms with Crippen LogP contribution in [0.25, 0.3) is 0 Å². The van der Waals surface area contributed by atoms with E-state index < -0.39 is 0 Å². The Hall–Kier alpha value is -1.84. The van der Waals surface area contributed by atoms with Crippen LogP contribution in [0.5, 0.6) is 0 Å². The summed E-state index contributed by atoms with van der Waals surface area (Å²) < 4.78 is 0. The molecule has 0 radical (unpaired) electrons. The van der Waals surface area contributed by atoms with Crippen LogP contribution in [0.1, 0.15) is 30.4 Å². The van der Waals surface area contributed by atoms with Crippen molar-refractivity contribution in [2.45, 2.75) is 32.2 Å². The molecule has 0 unspecified atom stereocenters. The SMILES string of the molecule is O=C(NCCCc1ccccc1Cl)C1CCN(Cc2ccccc2)CC1. The van der Waals surface area contributed by atoms with E-state index >= 15 is 0 Å². The Morgan fingerprint density at radius 1 is 1.04 bits per heavy atom. The molecule has 4 heteroatoms. The van der Waals surface area contributed by atoms with Gasteiger partial charge in [0.05, 0.1) is 0 Å². The second-order valence-electron chi connectivity index (χ2n) is 7.02. The van der Waals surface area contributed by atoms with Gasteiger partial charge in [-0.05, 0) is 56.0 Å². The Morgan fingerprint density at radius 3 is 2.46 bits per heavy atom. The second kappa shape index (κ2) is 9.75. The van der Waals surface area contributed by atoms with E-state index in [9.17, 15) is 4.79 Å². The highest BCUT2D eigenvalue weighted by molar-refractivity contribution is 6.31. The zero-order valence-corrected chi connectivity index (χ0v) is 15.9. The molecular weight excluding hydrogens is 344 g/mol. The summed E-state index contributed by atoms with van der Waals surface area (Å²) in [6, 6.07) is 18.4. The van der Waals surface area contributed by atoms with Crippen molar-refractivity contribution < 1.29 is 4.79 Å². The second-order valence-corrected chi connectivity index (χ2v) is 7.43. The fraction of sp³-hybridized carbons (Fsp3) is 0.409. The maximum absolute atomic E-state index is 12.4. The van der Waals surface area contributed by atoms with Crippen LogP contribution in [0, 0.1) is 5.92 Å². The predicted octanol–water partition coefficient (Wildman–Crippen LogP) is 4.30. The number of nitrogens with zero attached hydrogens (tertiary/aromatic N) is 1. The van der Waals surface area contributed by atoms with Gasteiger partial charge in [0, 0.05) is 24.0 Å². The lowest BCUT2D eigenvalue weighted by Gasteiger charge is -2.31. The van der Waals surface area contributed by atoms with E-state index in [0.29, 0.717) is 6.54 Å². The maximum Gasteiger partial charge on any atom is 0.223 e. The number of benzene rings is 2. The number of hydrogen-bond donors (Lipinski definition) is 1. The lowest BCUT2D eigenvalue weighted by molar-refractivity contribution is -0.126. The van der Waals surface area contributed by atoms with Gasteiger partial charge in [-0.2, -0.15) is 0 Å². The molecule has 1 aliphatic rings. The van der Waals surface area contributed by atoms with Crippen molar-refractivity contribution in [2.24, 2.45) is 5.92 Å². The fourth-order valence-corrected chi connectivity index (χ4v) is 3.76. The largest absolute Gasteiger partial charge is 0.356 e. The van der Waals surface area contributed by atoms with E-state index in [1.165, 1.54) is 5.56 Å². The molecule has 0 bridgehead atoms. The van der Waals surface area contributed by atoms with Gasteiger partial charge in [0.25, 0.3) is 0 Å². The third-order valence-electron chi connectivity index (χ3n) is 5.09. The molecular formula is C22H27ClN2O. The summed E-state index contributed by atoms with van der Waals surface area (Å²) in [5, 5.41) is 3.92. The van der Waals surface area contributed by atoms with Crippen LogP contribution in [-0.4, -0.2) is 30.4 Å². The van der Waals surface area contributed by atoms with Crippen molar-refractivity contribution in [3.05, 3.63) is 70.7 Å². The van der Waals surface area contributed by atoms with Gasteiger partial charge < -0.3 is 5.32 Å². The normalized spacial score (nSPS) is 15.7. The summed E-state index contributed by atoms with van der Waals surface area (Å²) in [7, 11) is 0. The molecule has 0 atom stereocenters. The smallest absolute Gasteiger partial charge is 0.223 e. The van der Waals surface area contributed by atoms with Gasteiger partial charge >= 0.3 is 0 Å². The number of aryl methyl sites for hydroxylation is 1. The summed E-state index contributed by atoms with van der Waals surface area (Å²) in [5.41, 5.74) is 2.49. The molecule has 138 valence electrons. The first-order chi connectivity index (χ1) is 12.7. The molecule has 1 saturated heterocycles. The highest BCUT2D eigenvalue weighted by Gasteiger charge is 2.24. The van der Waals surface area contributed by atoms with Gasteiger partial charge in [0.1, 0.15) is 0 Å². The van der Waals surface area contributed by atoms with Crippen molar-refractivity contribution in [1.29, 1.82) is 0 Å². The summed E-state index contributed by atoms with van der Waals surface area (Å²) in [6.07, 6.45) is 3.71. The zero-order valence-electron chi connectivity index (χ0n) is 15.2. The van der Waals surface area contributed by atoms with Crippen molar-refractivity contribution >= 4 is 17.5 Å². The molecule has 3 rings (SSSR count). The molecule has 26 heavy (non-hydrogen) atoms. The van der Waals surface area contributed by atoms with E-state index in [4.69, 9.17) is 11.6 Å². The van der Waals surface area contributed by atoms with Gasteiger partial charge in [-0.15, -0.1) is 0 Å². The summed E-state index contributed by atoms with van der Waals surface area (Å²) >= 11 is 6.17. The fourth-order valence-electron chi connectivity index (χ4n) is 3.53. The van der Waals surface area contributed by atoms with Crippen LogP contribution < -0.4 is 5.32 Å². The maximum atomic E-state index is 12.4. The minimum Gasteiger partial charge on any atom is -0.356 e. The minimum atomic E-state index is 0.155. The van der Waals surface area contributed by atoms with E-state index in [-0.39, 0.29) is 11.8 Å². The van der Waals surface area contributed by atoms with Crippen LogP contribution in [0.3, 0.4) is 0 Å². The van der Waals surface area contributed by atoms with Crippen LogP contribution in [-0.2, 0) is 17.8 Å². The van der Waals surface area contributed by atoms with Gasteiger partial charge in [-0.25, -0.2) is 0 Å². The molecule has 0 aromatic heterocycles. The third-order valence-corrected chi connectivity index (χ3v) is 5.46. The number of hydrogen-bond acceptors (Lipinski definition) is 2. The molecule has 1 fully saturated rings. The summed E-state index contributed by atoms with van der Waals surface area (Å²) in [4.78, 5) is 14.8. The first kappa shape index (κ1) is 18.9. The lowest BCUT2D eigenvalue weighted by atomic mass is 9.95. The Morgan fingerprint density at radius 2 is 1.73 bits per heavy atom. The molecule has 3 nitrogen and oxygen atoms in total. The van der Waals surface area contributed by atoms with Gasteiger partial charge in [0.2, 0.25) is 5.91 Å². The summed E-state index contributed by atoms with van der Waals surface area (Å²) in [6.45, 7) is 3.68. The summed E-state index contributed by atoms with van der Waals surface area (Å²) in [5.74, 6) is 0.367. The van der Waals surface area contributed by atoms with Crippen LogP contribution in [0.15, 0.2) is 54.6 Å². The van der Waals surface area contributed by atoms with Crippen LogP contribution in [0.2, 0.25) is 5.02 Å². The third kappa shape index (κ3) is 5.58. The van der Waals surface area contributed by atoms with E-state index in [0.717, 1.165) is 55.9 Å². The number of piperidine rings is 1. The van der Waals surface area contributed by atoms with E-state index in [1.807, 2.05) is 30.3 Å². The molecule has 2 aromatic rings. The Kier molecular flexibility index (Phi) is 7.10. The highest BCUT2D eigenvalue weighted by atomic mass is 35.5. The van der Waals surface area contributed by atoms with Crippen molar-refractivity contribution in [3.8, 4) is 0 Å². The Balaban J connectivity index is 1.34.